The summed E-state index contributed by atoms with van der Waals surface area (Å²) in [6, 6.07) is 9.59. The molecule has 1 aromatic carbocycles. The average Bonchev–Trinajstić information content (AvgIpc) is 3.30. The number of piperidine rings is 1. The molecule has 5 rings (SSSR count). The maximum absolute atomic E-state index is 13.7. The molecule has 9 heteroatoms. The van der Waals surface area contributed by atoms with E-state index in [0.29, 0.717) is 40.4 Å². The summed E-state index contributed by atoms with van der Waals surface area (Å²) in [7, 11) is 2.06. The van der Waals surface area contributed by atoms with Crippen LogP contribution in [0.25, 0.3) is 10.2 Å². The zero-order chi connectivity index (χ0) is 23.7. The van der Waals surface area contributed by atoms with Crippen molar-refractivity contribution in [2.24, 2.45) is 0 Å². The number of carbonyl (C=O) groups excluding carboxylic acids is 1. The van der Waals surface area contributed by atoms with Crippen molar-refractivity contribution in [2.75, 3.05) is 51.2 Å². The maximum Gasteiger partial charge on any atom is 0.273 e. The van der Waals surface area contributed by atoms with Crippen molar-refractivity contribution in [2.45, 2.75) is 25.8 Å². The normalized spacial score (nSPS) is 17.2. The number of rotatable bonds is 4. The fraction of sp³-hybridized carbons (Fsp3) is 0.440. The molecule has 3 aromatic rings. The fourth-order valence-corrected chi connectivity index (χ4v) is 5.66. The minimum atomic E-state index is -0.152. The molecule has 2 aliphatic rings. The van der Waals surface area contributed by atoms with Crippen LogP contribution in [-0.2, 0) is 6.54 Å². The van der Waals surface area contributed by atoms with Crippen molar-refractivity contribution in [1.82, 2.24) is 19.4 Å². The molecule has 0 spiro atoms. The van der Waals surface area contributed by atoms with E-state index >= 15 is 0 Å². The number of hydrogen-bond acceptors (Lipinski definition) is 7. The highest BCUT2D eigenvalue weighted by atomic mass is 32.1. The van der Waals surface area contributed by atoms with Crippen LogP contribution in [0.15, 0.2) is 34.4 Å². The van der Waals surface area contributed by atoms with Crippen LogP contribution in [0.4, 0.5) is 5.95 Å². The van der Waals surface area contributed by atoms with Gasteiger partial charge in [0.15, 0.2) is 0 Å². The molecule has 176 valence electrons. The molecule has 1 amide bonds. The maximum atomic E-state index is 13.7. The summed E-state index contributed by atoms with van der Waals surface area (Å²) in [5.41, 5.74) is 2.21. The SMILES string of the molecule is CN1CCN(C(=O)c2csc3c(=O)n(Cc4ccccc4C#N)c(N4CCCCC4)nc23)CC1. The summed E-state index contributed by atoms with van der Waals surface area (Å²) in [6.45, 7) is 4.95. The first-order valence-electron chi connectivity index (χ1n) is 11.8. The molecule has 2 aliphatic heterocycles. The number of nitriles is 1. The molecule has 0 aliphatic carbocycles. The number of nitrogens with zero attached hydrogens (tertiary/aromatic N) is 6. The van der Waals surface area contributed by atoms with Gasteiger partial charge in [0.05, 0.1) is 23.7 Å². The molecule has 0 unspecified atom stereocenters. The van der Waals surface area contributed by atoms with Crippen LogP contribution in [0.2, 0.25) is 0 Å². The van der Waals surface area contributed by atoms with Gasteiger partial charge in [-0.25, -0.2) is 4.98 Å². The number of anilines is 1. The number of amides is 1. The van der Waals surface area contributed by atoms with Crippen molar-refractivity contribution >= 4 is 33.4 Å². The second-order valence-electron chi connectivity index (χ2n) is 9.04. The van der Waals surface area contributed by atoms with Gasteiger partial charge in [-0.05, 0) is 37.9 Å². The third kappa shape index (κ3) is 4.19. The van der Waals surface area contributed by atoms with Crippen LogP contribution in [0.3, 0.4) is 0 Å². The Kier molecular flexibility index (Phi) is 6.35. The van der Waals surface area contributed by atoms with Crippen LogP contribution >= 0.6 is 11.3 Å². The minimum Gasteiger partial charge on any atom is -0.342 e. The highest BCUT2D eigenvalue weighted by Crippen LogP contribution is 2.27. The van der Waals surface area contributed by atoms with Gasteiger partial charge in [0.1, 0.15) is 10.2 Å². The summed E-state index contributed by atoms with van der Waals surface area (Å²) in [5.74, 6) is 0.541. The van der Waals surface area contributed by atoms with Gasteiger partial charge in [-0.3, -0.25) is 14.2 Å². The Morgan fingerprint density at radius 1 is 1.09 bits per heavy atom. The molecule has 34 heavy (non-hydrogen) atoms. The number of likely N-dealkylation sites (N-methyl/N-ethyl adjacent to an activating group) is 1. The van der Waals surface area contributed by atoms with E-state index in [2.05, 4.69) is 22.9 Å². The molecule has 0 atom stereocenters. The lowest BCUT2D eigenvalue weighted by molar-refractivity contribution is 0.0666. The molecular weight excluding hydrogens is 448 g/mol. The molecule has 0 radical (unpaired) electrons. The van der Waals surface area contributed by atoms with Crippen LogP contribution in [-0.4, -0.2) is 71.6 Å². The molecule has 0 bridgehead atoms. The predicted molar refractivity (Wildman–Crippen MR) is 134 cm³/mol. The summed E-state index contributed by atoms with van der Waals surface area (Å²) in [4.78, 5) is 38.3. The van der Waals surface area contributed by atoms with Gasteiger partial charge in [0.25, 0.3) is 11.5 Å². The summed E-state index contributed by atoms with van der Waals surface area (Å²) in [5, 5.41) is 11.3. The van der Waals surface area contributed by atoms with Crippen LogP contribution < -0.4 is 10.5 Å². The zero-order valence-electron chi connectivity index (χ0n) is 19.4. The van der Waals surface area contributed by atoms with Gasteiger partial charge in [0, 0.05) is 44.6 Å². The fourth-order valence-electron chi connectivity index (χ4n) is 4.74. The predicted octanol–water partition coefficient (Wildman–Crippen LogP) is 2.76. The van der Waals surface area contributed by atoms with Crippen molar-refractivity contribution in [3.63, 3.8) is 0 Å². The van der Waals surface area contributed by atoms with Crippen LogP contribution in [0.5, 0.6) is 0 Å². The molecule has 2 saturated heterocycles. The van der Waals surface area contributed by atoms with Crippen molar-refractivity contribution in [3.05, 3.63) is 56.7 Å². The Bertz CT molecular complexity index is 1310. The first kappa shape index (κ1) is 22.6. The molecule has 2 aromatic heterocycles. The largest absolute Gasteiger partial charge is 0.342 e. The van der Waals surface area contributed by atoms with E-state index in [-0.39, 0.29) is 18.0 Å². The topological polar surface area (TPSA) is 85.5 Å². The highest BCUT2D eigenvalue weighted by Gasteiger charge is 2.27. The van der Waals surface area contributed by atoms with E-state index in [1.807, 2.05) is 23.1 Å². The third-order valence-electron chi connectivity index (χ3n) is 6.78. The van der Waals surface area contributed by atoms with Crippen molar-refractivity contribution in [1.29, 1.82) is 5.26 Å². The zero-order valence-corrected chi connectivity index (χ0v) is 20.2. The number of hydrogen-bond donors (Lipinski definition) is 0. The smallest absolute Gasteiger partial charge is 0.273 e. The first-order valence-corrected chi connectivity index (χ1v) is 12.7. The molecule has 2 fully saturated rings. The van der Waals surface area contributed by atoms with Gasteiger partial charge in [-0.15, -0.1) is 11.3 Å². The Hall–Kier alpha value is -3.22. The van der Waals surface area contributed by atoms with Crippen LogP contribution in [0.1, 0.15) is 40.7 Å². The molecule has 0 saturated carbocycles. The van der Waals surface area contributed by atoms with E-state index in [1.54, 1.807) is 16.0 Å². The number of fused-ring (bicyclic) bond motifs is 1. The standard InChI is InChI=1S/C25H28N6O2S/c1-28-11-13-29(14-12-28)23(32)20-17-34-22-21(20)27-25(30-9-5-2-6-10-30)31(24(22)33)16-19-8-4-3-7-18(19)15-26/h3-4,7-8,17H,2,5-6,9-14,16H2,1H3. The van der Waals surface area contributed by atoms with E-state index in [1.165, 1.54) is 11.3 Å². The number of aromatic nitrogens is 2. The van der Waals surface area contributed by atoms with Crippen molar-refractivity contribution in [3.8, 4) is 6.07 Å². The van der Waals surface area contributed by atoms with E-state index in [0.717, 1.165) is 51.0 Å². The van der Waals surface area contributed by atoms with Gasteiger partial charge in [0.2, 0.25) is 5.95 Å². The van der Waals surface area contributed by atoms with Gasteiger partial charge in [-0.2, -0.15) is 5.26 Å². The van der Waals surface area contributed by atoms with Crippen LogP contribution in [0, 0.1) is 11.3 Å². The Balaban J connectivity index is 1.60. The number of piperazine rings is 1. The van der Waals surface area contributed by atoms with E-state index in [9.17, 15) is 14.9 Å². The number of benzene rings is 1. The second kappa shape index (κ2) is 9.57. The van der Waals surface area contributed by atoms with Gasteiger partial charge >= 0.3 is 0 Å². The van der Waals surface area contributed by atoms with E-state index in [4.69, 9.17) is 4.98 Å². The lowest BCUT2D eigenvalue weighted by Gasteiger charge is -2.32. The summed E-state index contributed by atoms with van der Waals surface area (Å²) in [6.07, 6.45) is 3.24. The Morgan fingerprint density at radius 3 is 2.56 bits per heavy atom. The summed E-state index contributed by atoms with van der Waals surface area (Å²) < 4.78 is 2.18. The molecular formula is C25H28N6O2S. The number of carbonyl (C=O) groups is 1. The summed E-state index contributed by atoms with van der Waals surface area (Å²) >= 11 is 1.29. The van der Waals surface area contributed by atoms with Gasteiger partial charge < -0.3 is 14.7 Å². The Morgan fingerprint density at radius 2 is 1.82 bits per heavy atom. The quantitative estimate of drug-likeness (QED) is 0.576. The second-order valence-corrected chi connectivity index (χ2v) is 9.92. The monoisotopic (exact) mass is 476 g/mol. The Labute approximate surface area is 202 Å². The number of thiophene rings is 1. The van der Waals surface area contributed by atoms with E-state index < -0.39 is 0 Å². The first-order chi connectivity index (χ1) is 16.6. The molecule has 0 N–H and O–H groups in total. The lowest BCUT2D eigenvalue weighted by Crippen LogP contribution is -2.47. The minimum absolute atomic E-state index is 0.0524. The third-order valence-corrected chi connectivity index (χ3v) is 7.74. The average molecular weight is 477 g/mol. The van der Waals surface area contributed by atoms with Gasteiger partial charge in [-0.1, -0.05) is 18.2 Å². The highest BCUT2D eigenvalue weighted by molar-refractivity contribution is 7.17. The molecule has 4 heterocycles. The lowest BCUT2D eigenvalue weighted by atomic mass is 10.1. The molecule has 8 nitrogen and oxygen atoms in total. The van der Waals surface area contributed by atoms with Crippen molar-refractivity contribution < 1.29 is 4.79 Å².